The summed E-state index contributed by atoms with van der Waals surface area (Å²) in [5, 5.41) is 14.6. The summed E-state index contributed by atoms with van der Waals surface area (Å²) in [7, 11) is 0. The van der Waals surface area contributed by atoms with Crippen molar-refractivity contribution in [3.8, 4) is 0 Å². The van der Waals surface area contributed by atoms with Gasteiger partial charge >= 0.3 is 0 Å². The maximum absolute atomic E-state index is 12.1. The smallest absolute Gasteiger partial charge is 0.252 e. The van der Waals surface area contributed by atoms with Gasteiger partial charge in [-0.1, -0.05) is 53.7 Å². The van der Waals surface area contributed by atoms with Crippen LogP contribution in [0.1, 0.15) is 22.0 Å². The van der Waals surface area contributed by atoms with Crippen LogP contribution in [-0.4, -0.2) is 17.0 Å². The number of benzene rings is 2. The lowest BCUT2D eigenvalue weighted by atomic mass is 10.1. The minimum atomic E-state index is -0.672. The van der Waals surface area contributed by atoms with Crippen molar-refractivity contribution in [3.63, 3.8) is 0 Å². The van der Waals surface area contributed by atoms with Gasteiger partial charge in [-0.15, -0.1) is 0 Å². The molecule has 0 bridgehead atoms. The van der Waals surface area contributed by atoms with Crippen molar-refractivity contribution in [2.45, 2.75) is 6.04 Å². The molecule has 5 nitrogen and oxygen atoms in total. The first-order valence-electron chi connectivity index (χ1n) is 6.10. The Hall–Kier alpha value is -2.82. The van der Waals surface area contributed by atoms with E-state index in [9.17, 15) is 4.79 Å². The van der Waals surface area contributed by atoms with Gasteiger partial charge in [0, 0.05) is 5.56 Å². The molecule has 2 aromatic carbocycles. The van der Waals surface area contributed by atoms with Crippen LogP contribution in [0.15, 0.2) is 65.8 Å². The highest BCUT2D eigenvalue weighted by Gasteiger charge is 2.19. The highest BCUT2D eigenvalue weighted by molar-refractivity contribution is 5.98. The molecule has 0 heterocycles. The maximum Gasteiger partial charge on any atom is 0.252 e. The van der Waals surface area contributed by atoms with Crippen LogP contribution in [0.5, 0.6) is 0 Å². The number of rotatable bonds is 4. The molecule has 20 heavy (non-hydrogen) atoms. The van der Waals surface area contributed by atoms with E-state index in [2.05, 4.69) is 10.5 Å². The molecule has 0 spiro atoms. The maximum atomic E-state index is 12.1. The molecule has 1 atom stereocenters. The third-order valence-corrected chi connectivity index (χ3v) is 2.86. The molecule has 102 valence electrons. The molecule has 2 rings (SSSR count). The second kappa shape index (κ2) is 6.38. The molecule has 0 saturated heterocycles. The number of amidine groups is 1. The Morgan fingerprint density at radius 2 is 1.60 bits per heavy atom. The third kappa shape index (κ3) is 3.14. The number of amides is 1. The SMILES string of the molecule is N/C(=N\O)C(NC(=O)c1ccccc1)c1ccccc1. The number of hydrogen-bond acceptors (Lipinski definition) is 3. The predicted molar refractivity (Wildman–Crippen MR) is 76.5 cm³/mol. The van der Waals surface area contributed by atoms with Crippen molar-refractivity contribution in [2.75, 3.05) is 0 Å². The second-order valence-corrected chi connectivity index (χ2v) is 4.21. The predicted octanol–water partition coefficient (Wildman–Crippen LogP) is 1.90. The van der Waals surface area contributed by atoms with E-state index in [0.717, 1.165) is 5.56 Å². The van der Waals surface area contributed by atoms with Gasteiger partial charge in [0.1, 0.15) is 6.04 Å². The average Bonchev–Trinajstić information content (AvgIpc) is 2.53. The largest absolute Gasteiger partial charge is 0.409 e. The van der Waals surface area contributed by atoms with E-state index in [4.69, 9.17) is 10.9 Å². The summed E-state index contributed by atoms with van der Waals surface area (Å²) in [6.45, 7) is 0. The number of carbonyl (C=O) groups is 1. The molecule has 0 saturated carbocycles. The van der Waals surface area contributed by atoms with Crippen LogP contribution in [0.3, 0.4) is 0 Å². The summed E-state index contributed by atoms with van der Waals surface area (Å²) in [6.07, 6.45) is 0. The average molecular weight is 269 g/mol. The van der Waals surface area contributed by atoms with E-state index in [1.54, 1.807) is 36.4 Å². The van der Waals surface area contributed by atoms with Crippen LogP contribution in [0.25, 0.3) is 0 Å². The van der Waals surface area contributed by atoms with E-state index in [1.807, 2.05) is 24.3 Å². The van der Waals surface area contributed by atoms with Gasteiger partial charge < -0.3 is 16.3 Å². The lowest BCUT2D eigenvalue weighted by molar-refractivity contribution is 0.0946. The number of nitrogens with two attached hydrogens (primary N) is 1. The zero-order chi connectivity index (χ0) is 14.4. The number of nitrogens with zero attached hydrogens (tertiary/aromatic N) is 1. The van der Waals surface area contributed by atoms with Gasteiger partial charge in [-0.3, -0.25) is 4.79 Å². The Balaban J connectivity index is 2.24. The molecule has 5 heteroatoms. The minimum Gasteiger partial charge on any atom is -0.409 e. The number of nitrogens with one attached hydrogen (secondary N) is 1. The van der Waals surface area contributed by atoms with Crippen LogP contribution >= 0.6 is 0 Å². The summed E-state index contributed by atoms with van der Waals surface area (Å²) in [5.74, 6) is -0.355. The molecule has 1 amide bonds. The van der Waals surface area contributed by atoms with Gasteiger partial charge in [0.2, 0.25) is 0 Å². The van der Waals surface area contributed by atoms with Gasteiger partial charge in [-0.25, -0.2) is 0 Å². The summed E-state index contributed by atoms with van der Waals surface area (Å²) >= 11 is 0. The molecule has 0 aliphatic rings. The molecule has 1 unspecified atom stereocenters. The first kappa shape index (κ1) is 13.6. The van der Waals surface area contributed by atoms with Gasteiger partial charge in [-0.2, -0.15) is 0 Å². The van der Waals surface area contributed by atoms with Crippen LogP contribution in [0.4, 0.5) is 0 Å². The van der Waals surface area contributed by atoms with Crippen LogP contribution < -0.4 is 11.1 Å². The van der Waals surface area contributed by atoms with E-state index >= 15 is 0 Å². The van der Waals surface area contributed by atoms with Crippen LogP contribution in [0, 0.1) is 0 Å². The van der Waals surface area contributed by atoms with E-state index < -0.39 is 6.04 Å². The lowest BCUT2D eigenvalue weighted by Crippen LogP contribution is -2.37. The van der Waals surface area contributed by atoms with E-state index in [1.165, 1.54) is 0 Å². The Morgan fingerprint density at radius 3 is 2.15 bits per heavy atom. The number of oxime groups is 1. The fourth-order valence-electron chi connectivity index (χ4n) is 1.84. The van der Waals surface area contributed by atoms with Gasteiger partial charge in [0.15, 0.2) is 5.84 Å². The molecule has 0 aliphatic carbocycles. The zero-order valence-electron chi connectivity index (χ0n) is 10.7. The van der Waals surface area contributed by atoms with Gasteiger partial charge in [0.25, 0.3) is 5.91 Å². The fraction of sp³-hybridized carbons (Fsp3) is 0.0667. The molecule has 0 fully saturated rings. The fourth-order valence-corrected chi connectivity index (χ4v) is 1.84. The molecule has 0 aromatic heterocycles. The first-order valence-corrected chi connectivity index (χ1v) is 6.10. The number of carbonyl (C=O) groups excluding carboxylic acids is 1. The Kier molecular flexibility index (Phi) is 4.34. The Labute approximate surface area is 116 Å². The summed E-state index contributed by atoms with van der Waals surface area (Å²) in [4.78, 5) is 12.1. The lowest BCUT2D eigenvalue weighted by Gasteiger charge is -2.17. The van der Waals surface area contributed by atoms with Crippen molar-refractivity contribution in [2.24, 2.45) is 10.9 Å². The van der Waals surface area contributed by atoms with Crippen molar-refractivity contribution in [1.82, 2.24) is 5.32 Å². The monoisotopic (exact) mass is 269 g/mol. The Bertz CT molecular complexity index is 597. The van der Waals surface area contributed by atoms with Crippen molar-refractivity contribution < 1.29 is 10.0 Å². The highest BCUT2D eigenvalue weighted by atomic mass is 16.4. The molecule has 2 aromatic rings. The zero-order valence-corrected chi connectivity index (χ0v) is 10.7. The molecule has 0 radical (unpaired) electrons. The minimum absolute atomic E-state index is 0.0690. The molecular formula is C15H15N3O2. The van der Waals surface area contributed by atoms with Gasteiger partial charge in [-0.05, 0) is 17.7 Å². The quantitative estimate of drug-likeness (QED) is 0.343. The first-order chi connectivity index (χ1) is 9.72. The van der Waals surface area contributed by atoms with E-state index in [0.29, 0.717) is 5.56 Å². The van der Waals surface area contributed by atoms with Crippen molar-refractivity contribution in [3.05, 3.63) is 71.8 Å². The standard InChI is InChI=1S/C15H15N3O2/c16-14(18-20)13(11-7-3-1-4-8-11)17-15(19)12-9-5-2-6-10-12/h1-10,13,20H,(H2,16,18)(H,17,19). The van der Waals surface area contributed by atoms with Crippen LogP contribution in [0.2, 0.25) is 0 Å². The second-order valence-electron chi connectivity index (χ2n) is 4.21. The van der Waals surface area contributed by atoms with Crippen LogP contribution in [-0.2, 0) is 0 Å². The number of hydrogen-bond donors (Lipinski definition) is 3. The van der Waals surface area contributed by atoms with E-state index in [-0.39, 0.29) is 11.7 Å². The summed E-state index contributed by atoms with van der Waals surface area (Å²) < 4.78 is 0. The topological polar surface area (TPSA) is 87.7 Å². The molecular weight excluding hydrogens is 254 g/mol. The Morgan fingerprint density at radius 1 is 1.05 bits per heavy atom. The van der Waals surface area contributed by atoms with Crippen molar-refractivity contribution in [1.29, 1.82) is 0 Å². The summed E-state index contributed by atoms with van der Waals surface area (Å²) in [5.41, 5.74) is 6.92. The molecule has 4 N–H and O–H groups in total. The highest BCUT2D eigenvalue weighted by Crippen LogP contribution is 2.13. The normalized spacial score (nSPS) is 12.7. The van der Waals surface area contributed by atoms with Crippen molar-refractivity contribution >= 4 is 11.7 Å². The summed E-state index contributed by atoms with van der Waals surface area (Å²) in [6, 6.07) is 17.2. The third-order valence-electron chi connectivity index (χ3n) is 2.86. The molecule has 0 aliphatic heterocycles. The van der Waals surface area contributed by atoms with Gasteiger partial charge in [0.05, 0.1) is 0 Å².